The maximum absolute atomic E-state index is 12.5. The molecule has 2 aliphatic heterocycles. The first kappa shape index (κ1) is 20.4. The van der Waals surface area contributed by atoms with Gasteiger partial charge in [-0.05, 0) is 68.1 Å². The molecule has 6 heteroatoms. The van der Waals surface area contributed by atoms with E-state index < -0.39 is 0 Å². The normalized spacial score (nSPS) is 24.1. The SMILES string of the molecule is CC(=O)N1c2ccc(C3CCNCC3)cc2C(Nc2ccc(C#N)cn2)[C@@H](C)[C@@H]1C. The fourth-order valence-corrected chi connectivity index (χ4v) is 4.84. The van der Waals surface area contributed by atoms with Crippen molar-refractivity contribution in [3.05, 3.63) is 53.2 Å². The molecule has 30 heavy (non-hydrogen) atoms. The molecule has 4 rings (SSSR count). The second-order valence-corrected chi connectivity index (χ2v) is 8.50. The summed E-state index contributed by atoms with van der Waals surface area (Å²) in [5.41, 5.74) is 4.02. The predicted octanol–water partition coefficient (Wildman–Crippen LogP) is 3.96. The molecular weight excluding hydrogens is 374 g/mol. The van der Waals surface area contributed by atoms with Gasteiger partial charge in [0, 0.05) is 30.8 Å². The van der Waals surface area contributed by atoms with Crippen molar-refractivity contribution >= 4 is 17.4 Å². The number of fused-ring (bicyclic) bond motifs is 1. The molecule has 1 aromatic heterocycles. The van der Waals surface area contributed by atoms with Gasteiger partial charge in [0.1, 0.15) is 11.9 Å². The van der Waals surface area contributed by atoms with Crippen LogP contribution in [0.5, 0.6) is 0 Å². The quantitative estimate of drug-likeness (QED) is 0.811. The lowest BCUT2D eigenvalue weighted by Crippen LogP contribution is -2.48. The highest BCUT2D eigenvalue weighted by Crippen LogP contribution is 2.44. The maximum atomic E-state index is 12.5. The largest absolute Gasteiger partial charge is 0.363 e. The number of benzene rings is 1. The second-order valence-electron chi connectivity index (χ2n) is 8.50. The van der Waals surface area contributed by atoms with Crippen LogP contribution in [-0.2, 0) is 4.79 Å². The summed E-state index contributed by atoms with van der Waals surface area (Å²) in [6, 6.07) is 12.5. The van der Waals surface area contributed by atoms with E-state index in [-0.39, 0.29) is 23.9 Å². The molecule has 1 aromatic carbocycles. The smallest absolute Gasteiger partial charge is 0.224 e. The average molecular weight is 404 g/mol. The predicted molar refractivity (Wildman–Crippen MR) is 118 cm³/mol. The summed E-state index contributed by atoms with van der Waals surface area (Å²) >= 11 is 0. The Bertz CT molecular complexity index is 959. The van der Waals surface area contributed by atoms with Gasteiger partial charge in [-0.3, -0.25) is 4.79 Å². The third kappa shape index (κ3) is 3.78. The third-order valence-corrected chi connectivity index (χ3v) is 6.69. The summed E-state index contributed by atoms with van der Waals surface area (Å²) in [7, 11) is 0. The number of nitrogens with zero attached hydrogens (tertiary/aromatic N) is 3. The van der Waals surface area contributed by atoms with Crippen molar-refractivity contribution < 1.29 is 4.79 Å². The Morgan fingerprint density at radius 2 is 2.00 bits per heavy atom. The van der Waals surface area contributed by atoms with E-state index in [4.69, 9.17) is 5.26 Å². The summed E-state index contributed by atoms with van der Waals surface area (Å²) in [6.07, 6.45) is 3.86. The number of pyridine rings is 1. The van der Waals surface area contributed by atoms with Crippen LogP contribution in [-0.4, -0.2) is 30.0 Å². The highest BCUT2D eigenvalue weighted by atomic mass is 16.2. The Kier molecular flexibility index (Phi) is 5.74. The zero-order chi connectivity index (χ0) is 21.3. The van der Waals surface area contributed by atoms with Crippen molar-refractivity contribution in [2.45, 2.75) is 51.6 Å². The summed E-state index contributed by atoms with van der Waals surface area (Å²) in [5.74, 6) is 1.56. The Labute approximate surface area is 178 Å². The number of anilines is 2. The van der Waals surface area contributed by atoms with Gasteiger partial charge in [0.05, 0.1) is 11.6 Å². The van der Waals surface area contributed by atoms with Gasteiger partial charge in [-0.15, -0.1) is 0 Å². The van der Waals surface area contributed by atoms with Crippen molar-refractivity contribution in [2.24, 2.45) is 5.92 Å². The zero-order valence-electron chi connectivity index (χ0n) is 17.9. The van der Waals surface area contributed by atoms with E-state index in [0.29, 0.717) is 11.5 Å². The number of nitrogens with one attached hydrogen (secondary N) is 2. The first-order valence-electron chi connectivity index (χ1n) is 10.8. The van der Waals surface area contributed by atoms with Crippen LogP contribution in [0, 0.1) is 17.2 Å². The van der Waals surface area contributed by atoms with Gasteiger partial charge in [0.15, 0.2) is 0 Å². The number of aromatic nitrogens is 1. The molecule has 1 fully saturated rings. The van der Waals surface area contributed by atoms with Crippen molar-refractivity contribution in [3.63, 3.8) is 0 Å². The standard InChI is InChI=1S/C24H29N5O/c1-15-16(2)29(17(3)30)22-6-5-20(19-8-10-26-11-9-19)12-21(22)24(15)28-23-7-4-18(13-25)14-27-23/h4-7,12,14-16,19,24,26H,8-11H2,1-3H3,(H,27,28)/t15-,16-,24?/m0/s1. The van der Waals surface area contributed by atoms with Crippen LogP contribution in [0.3, 0.4) is 0 Å². The molecule has 0 bridgehead atoms. The van der Waals surface area contributed by atoms with Crippen molar-refractivity contribution in [3.8, 4) is 6.07 Å². The lowest BCUT2D eigenvalue weighted by atomic mass is 9.80. The molecule has 0 radical (unpaired) electrons. The Morgan fingerprint density at radius 1 is 1.23 bits per heavy atom. The van der Waals surface area contributed by atoms with Gasteiger partial charge in [-0.1, -0.05) is 19.1 Å². The molecule has 3 atom stereocenters. The van der Waals surface area contributed by atoms with Gasteiger partial charge in [0.25, 0.3) is 0 Å². The van der Waals surface area contributed by atoms with Gasteiger partial charge < -0.3 is 15.5 Å². The number of carbonyl (C=O) groups excluding carboxylic acids is 1. The van der Waals surface area contributed by atoms with Gasteiger partial charge in [-0.2, -0.15) is 5.26 Å². The van der Waals surface area contributed by atoms with Crippen molar-refractivity contribution in [1.29, 1.82) is 5.26 Å². The van der Waals surface area contributed by atoms with E-state index in [1.807, 2.05) is 11.0 Å². The van der Waals surface area contributed by atoms with Crippen molar-refractivity contribution in [1.82, 2.24) is 10.3 Å². The summed E-state index contributed by atoms with van der Waals surface area (Å²) in [4.78, 5) is 18.8. The first-order chi connectivity index (χ1) is 14.5. The summed E-state index contributed by atoms with van der Waals surface area (Å²) < 4.78 is 0. The number of piperidine rings is 1. The molecule has 1 amide bonds. The maximum Gasteiger partial charge on any atom is 0.224 e. The van der Waals surface area contributed by atoms with E-state index in [1.165, 1.54) is 5.56 Å². The monoisotopic (exact) mass is 403 g/mol. The van der Waals surface area contributed by atoms with Crippen LogP contribution in [0.15, 0.2) is 36.5 Å². The molecule has 2 N–H and O–H groups in total. The average Bonchev–Trinajstić information content (AvgIpc) is 2.77. The van der Waals surface area contributed by atoms with Crippen LogP contribution >= 0.6 is 0 Å². The number of carbonyl (C=O) groups is 1. The molecule has 156 valence electrons. The minimum Gasteiger partial charge on any atom is -0.363 e. The number of nitriles is 1. The number of hydrogen-bond acceptors (Lipinski definition) is 5. The summed E-state index contributed by atoms with van der Waals surface area (Å²) in [6.45, 7) is 8.03. The van der Waals surface area contributed by atoms with E-state index in [2.05, 4.69) is 53.7 Å². The third-order valence-electron chi connectivity index (χ3n) is 6.69. The van der Waals surface area contributed by atoms with Crippen LogP contribution in [0.4, 0.5) is 11.5 Å². The fraction of sp³-hybridized carbons (Fsp3) is 0.458. The van der Waals surface area contributed by atoms with E-state index in [1.54, 1.807) is 19.2 Å². The minimum absolute atomic E-state index is 0.0349. The Balaban J connectivity index is 1.74. The lowest BCUT2D eigenvalue weighted by molar-refractivity contribution is -0.117. The fourth-order valence-electron chi connectivity index (χ4n) is 4.84. The van der Waals surface area contributed by atoms with E-state index >= 15 is 0 Å². The van der Waals surface area contributed by atoms with Crippen LogP contribution in [0.25, 0.3) is 0 Å². The van der Waals surface area contributed by atoms with E-state index in [9.17, 15) is 4.79 Å². The molecular formula is C24H29N5O. The lowest BCUT2D eigenvalue weighted by Gasteiger charge is -2.44. The number of rotatable bonds is 3. The molecule has 1 unspecified atom stereocenters. The highest BCUT2D eigenvalue weighted by molar-refractivity contribution is 5.94. The Hall–Kier alpha value is -2.91. The summed E-state index contributed by atoms with van der Waals surface area (Å²) in [5, 5.41) is 16.1. The molecule has 1 saturated heterocycles. The van der Waals surface area contributed by atoms with Crippen LogP contribution < -0.4 is 15.5 Å². The molecule has 2 aliphatic rings. The number of hydrogen-bond donors (Lipinski definition) is 2. The molecule has 0 saturated carbocycles. The topological polar surface area (TPSA) is 81.0 Å². The number of amides is 1. The van der Waals surface area contributed by atoms with Crippen LogP contribution in [0.1, 0.15) is 62.3 Å². The molecule has 0 spiro atoms. The van der Waals surface area contributed by atoms with Crippen LogP contribution in [0.2, 0.25) is 0 Å². The molecule has 6 nitrogen and oxygen atoms in total. The van der Waals surface area contributed by atoms with Gasteiger partial charge in [0.2, 0.25) is 5.91 Å². The van der Waals surface area contributed by atoms with E-state index in [0.717, 1.165) is 43.0 Å². The molecule has 0 aliphatic carbocycles. The second kappa shape index (κ2) is 8.45. The first-order valence-corrected chi connectivity index (χ1v) is 10.8. The van der Waals surface area contributed by atoms with Crippen molar-refractivity contribution in [2.75, 3.05) is 23.3 Å². The highest BCUT2D eigenvalue weighted by Gasteiger charge is 2.38. The zero-order valence-corrected chi connectivity index (χ0v) is 17.9. The van der Waals surface area contributed by atoms with Gasteiger partial charge in [-0.25, -0.2) is 4.98 Å². The molecule has 3 heterocycles. The Morgan fingerprint density at radius 3 is 2.63 bits per heavy atom. The van der Waals surface area contributed by atoms with Gasteiger partial charge >= 0.3 is 0 Å². The minimum atomic E-state index is 0.0349. The molecule has 2 aromatic rings.